The van der Waals surface area contributed by atoms with E-state index >= 15 is 0 Å². The zero-order valence-corrected chi connectivity index (χ0v) is 10.8. The molecule has 0 aromatic carbocycles. The molecule has 1 atom stereocenters. The molecule has 1 N–H and O–H groups in total. The highest BCUT2D eigenvalue weighted by atomic mass is 35.5. The third-order valence-corrected chi connectivity index (χ3v) is 4.35. The molecule has 1 heterocycles. The Labute approximate surface area is 99.5 Å². The Kier molecular flexibility index (Phi) is 3.95. The minimum absolute atomic E-state index is 0.00381. The van der Waals surface area contributed by atoms with Gasteiger partial charge in [0.1, 0.15) is 0 Å². The van der Waals surface area contributed by atoms with Crippen molar-refractivity contribution in [3.05, 3.63) is 11.2 Å². The summed E-state index contributed by atoms with van der Waals surface area (Å²) in [6, 6.07) is 0. The van der Waals surface area contributed by atoms with Crippen LogP contribution < -0.4 is 0 Å². The summed E-state index contributed by atoms with van der Waals surface area (Å²) in [7, 11) is -0.835. The van der Waals surface area contributed by atoms with Gasteiger partial charge in [-0.1, -0.05) is 11.6 Å². The number of aromatic nitrogens is 2. The Hall–Kier alpha value is -0.630. The maximum Gasteiger partial charge on any atom is 0.261 e. The number of nitrogens with zero attached hydrogens (tertiary/aromatic N) is 3. The van der Waals surface area contributed by atoms with E-state index in [9.17, 15) is 8.42 Å². The number of hydrogen-bond acceptors (Lipinski definition) is 4. The molecule has 1 aromatic heterocycles. The van der Waals surface area contributed by atoms with Gasteiger partial charge in [0.2, 0.25) is 0 Å². The minimum atomic E-state index is -3.71. The molecule has 0 saturated heterocycles. The predicted octanol–water partition coefficient (Wildman–Crippen LogP) is 0.0748. The number of aryl methyl sites for hydroxylation is 1. The van der Waals surface area contributed by atoms with Gasteiger partial charge in [0.15, 0.2) is 5.03 Å². The lowest BCUT2D eigenvalue weighted by molar-refractivity contribution is 0.171. The summed E-state index contributed by atoms with van der Waals surface area (Å²) in [5.74, 6) is 0. The fraction of sp³-hybridized carbons (Fsp3) is 0.625. The summed E-state index contributed by atoms with van der Waals surface area (Å²) in [6.45, 7) is 1.51. The minimum Gasteiger partial charge on any atom is -0.392 e. The Balaban J connectivity index is 3.12. The quantitative estimate of drug-likeness (QED) is 0.838. The number of rotatable bonds is 4. The second kappa shape index (κ2) is 4.70. The zero-order chi connectivity index (χ0) is 12.5. The van der Waals surface area contributed by atoms with Crippen LogP contribution in [-0.2, 0) is 17.1 Å². The van der Waals surface area contributed by atoms with Crippen molar-refractivity contribution in [2.45, 2.75) is 18.1 Å². The number of hydrogen-bond donors (Lipinski definition) is 1. The van der Waals surface area contributed by atoms with E-state index in [1.165, 1.54) is 31.9 Å². The van der Waals surface area contributed by atoms with Gasteiger partial charge in [-0.2, -0.15) is 9.40 Å². The van der Waals surface area contributed by atoms with Crippen molar-refractivity contribution in [1.29, 1.82) is 0 Å². The van der Waals surface area contributed by atoms with Crippen LogP contribution in [0.15, 0.2) is 11.2 Å². The van der Waals surface area contributed by atoms with E-state index in [0.717, 1.165) is 4.31 Å². The number of halogens is 1. The molecule has 0 aliphatic carbocycles. The van der Waals surface area contributed by atoms with Crippen molar-refractivity contribution in [2.75, 3.05) is 13.6 Å². The predicted molar refractivity (Wildman–Crippen MR) is 59.7 cm³/mol. The van der Waals surface area contributed by atoms with E-state index in [1.807, 2.05) is 0 Å². The van der Waals surface area contributed by atoms with Crippen molar-refractivity contribution in [3.63, 3.8) is 0 Å². The number of aliphatic hydroxyl groups is 1. The lowest BCUT2D eigenvalue weighted by Gasteiger charge is -2.18. The van der Waals surface area contributed by atoms with Crippen molar-refractivity contribution >= 4 is 21.6 Å². The van der Waals surface area contributed by atoms with Crippen molar-refractivity contribution in [2.24, 2.45) is 7.05 Å². The number of likely N-dealkylation sites (N-methyl/N-ethyl adjacent to an activating group) is 1. The smallest absolute Gasteiger partial charge is 0.261 e. The van der Waals surface area contributed by atoms with E-state index in [4.69, 9.17) is 16.7 Å². The third kappa shape index (κ3) is 2.54. The number of sulfonamides is 1. The Bertz CT molecular complexity index is 449. The number of aliphatic hydroxyl groups excluding tert-OH is 1. The second-order valence-corrected chi connectivity index (χ2v) is 5.92. The maximum atomic E-state index is 12.0. The molecule has 0 saturated carbocycles. The molecule has 0 radical (unpaired) electrons. The highest BCUT2D eigenvalue weighted by molar-refractivity contribution is 7.89. The summed E-state index contributed by atoms with van der Waals surface area (Å²) in [4.78, 5) is 0. The van der Waals surface area contributed by atoms with E-state index in [-0.39, 0.29) is 16.6 Å². The van der Waals surface area contributed by atoms with E-state index < -0.39 is 16.1 Å². The molecule has 1 unspecified atom stereocenters. The van der Waals surface area contributed by atoms with Gasteiger partial charge in [0.25, 0.3) is 10.0 Å². The summed E-state index contributed by atoms with van der Waals surface area (Å²) < 4.78 is 26.3. The van der Waals surface area contributed by atoms with E-state index in [1.54, 1.807) is 0 Å². The summed E-state index contributed by atoms with van der Waals surface area (Å²) in [6.07, 6.45) is 0.525. The molecule has 1 aromatic rings. The van der Waals surface area contributed by atoms with Crippen LogP contribution >= 0.6 is 11.6 Å². The molecule has 92 valence electrons. The lowest BCUT2D eigenvalue weighted by Crippen LogP contribution is -2.34. The Morgan fingerprint density at radius 2 is 2.25 bits per heavy atom. The molecule has 6 nitrogen and oxygen atoms in total. The Morgan fingerprint density at radius 1 is 1.69 bits per heavy atom. The van der Waals surface area contributed by atoms with Gasteiger partial charge in [-0.05, 0) is 6.92 Å². The SMILES string of the molecule is CC(O)CN(C)S(=O)(=O)c1c(Cl)cnn1C. The molecule has 1 rings (SSSR count). The first-order valence-electron chi connectivity index (χ1n) is 4.58. The van der Waals surface area contributed by atoms with Crippen LogP contribution in [-0.4, -0.2) is 47.3 Å². The molecule has 0 bridgehead atoms. The van der Waals surface area contributed by atoms with E-state index in [2.05, 4.69) is 5.10 Å². The highest BCUT2D eigenvalue weighted by Crippen LogP contribution is 2.22. The largest absolute Gasteiger partial charge is 0.392 e. The zero-order valence-electron chi connectivity index (χ0n) is 9.25. The second-order valence-electron chi connectivity index (χ2n) is 3.56. The van der Waals surface area contributed by atoms with Crippen LogP contribution in [0.4, 0.5) is 0 Å². The lowest BCUT2D eigenvalue weighted by atomic mass is 10.4. The maximum absolute atomic E-state index is 12.0. The van der Waals surface area contributed by atoms with Gasteiger partial charge in [-0.3, -0.25) is 4.68 Å². The van der Waals surface area contributed by atoms with Gasteiger partial charge in [-0.15, -0.1) is 0 Å². The first-order valence-corrected chi connectivity index (χ1v) is 6.40. The molecular weight excluding hydrogens is 254 g/mol. The average Bonchev–Trinajstić information content (AvgIpc) is 2.45. The van der Waals surface area contributed by atoms with Gasteiger partial charge < -0.3 is 5.11 Å². The van der Waals surface area contributed by atoms with Crippen LogP contribution in [0.2, 0.25) is 5.02 Å². The fourth-order valence-electron chi connectivity index (χ4n) is 1.31. The van der Waals surface area contributed by atoms with Crippen LogP contribution in [0.3, 0.4) is 0 Å². The van der Waals surface area contributed by atoms with Gasteiger partial charge in [0.05, 0.1) is 17.3 Å². The van der Waals surface area contributed by atoms with E-state index in [0.29, 0.717) is 0 Å². The molecule has 8 heteroatoms. The molecule has 0 fully saturated rings. The third-order valence-electron chi connectivity index (χ3n) is 2.02. The molecule has 0 aliphatic heterocycles. The van der Waals surface area contributed by atoms with Crippen LogP contribution in [0.25, 0.3) is 0 Å². The standard InChI is InChI=1S/C8H14ClN3O3S/c1-6(13)5-11(2)16(14,15)8-7(9)4-10-12(8)3/h4,6,13H,5H2,1-3H3. The molecule has 0 amide bonds. The van der Waals surface area contributed by atoms with Crippen LogP contribution in [0.5, 0.6) is 0 Å². The van der Waals surface area contributed by atoms with Gasteiger partial charge in [0, 0.05) is 20.6 Å². The molecule has 0 aliphatic rings. The molecule has 0 spiro atoms. The van der Waals surface area contributed by atoms with Crippen molar-refractivity contribution < 1.29 is 13.5 Å². The fourth-order valence-corrected chi connectivity index (χ4v) is 3.15. The van der Waals surface area contributed by atoms with Gasteiger partial charge in [-0.25, -0.2) is 8.42 Å². The monoisotopic (exact) mass is 267 g/mol. The highest BCUT2D eigenvalue weighted by Gasteiger charge is 2.27. The first-order chi connectivity index (χ1) is 7.26. The molecular formula is C8H14ClN3O3S. The Morgan fingerprint density at radius 3 is 2.62 bits per heavy atom. The van der Waals surface area contributed by atoms with Crippen molar-refractivity contribution in [1.82, 2.24) is 14.1 Å². The average molecular weight is 268 g/mol. The summed E-state index contributed by atoms with van der Waals surface area (Å²) in [5, 5.41) is 12.9. The van der Waals surface area contributed by atoms with Crippen LogP contribution in [0, 0.1) is 0 Å². The molecule has 16 heavy (non-hydrogen) atoms. The summed E-state index contributed by atoms with van der Waals surface area (Å²) in [5.41, 5.74) is 0. The first kappa shape index (κ1) is 13.4. The summed E-state index contributed by atoms with van der Waals surface area (Å²) >= 11 is 5.76. The normalized spacial score (nSPS) is 14.4. The topological polar surface area (TPSA) is 75.4 Å². The van der Waals surface area contributed by atoms with Crippen LogP contribution in [0.1, 0.15) is 6.92 Å². The van der Waals surface area contributed by atoms with Crippen molar-refractivity contribution in [3.8, 4) is 0 Å². The van der Waals surface area contributed by atoms with Gasteiger partial charge >= 0.3 is 0 Å².